The fourth-order valence-corrected chi connectivity index (χ4v) is 2.01. The van der Waals surface area contributed by atoms with Crippen molar-refractivity contribution in [1.29, 1.82) is 0 Å². The van der Waals surface area contributed by atoms with Crippen molar-refractivity contribution in [3.63, 3.8) is 0 Å². The monoisotopic (exact) mass is 262 g/mol. The Morgan fingerprint density at radius 2 is 2.16 bits per heavy atom. The lowest BCUT2D eigenvalue weighted by atomic mass is 10.2. The summed E-state index contributed by atoms with van der Waals surface area (Å²) in [5.74, 6) is 0.165. The summed E-state index contributed by atoms with van der Waals surface area (Å²) in [5, 5.41) is 14.0. The molecule has 0 radical (unpaired) electrons. The first kappa shape index (κ1) is 13.3. The van der Waals surface area contributed by atoms with Gasteiger partial charge < -0.3 is 10.1 Å². The SMILES string of the molecule is CCCc1c(O)nc(-c2ccnn2CCC)[nH]c1=O. The van der Waals surface area contributed by atoms with Crippen LogP contribution >= 0.6 is 0 Å². The quantitative estimate of drug-likeness (QED) is 0.859. The summed E-state index contributed by atoms with van der Waals surface area (Å²) in [4.78, 5) is 18.7. The minimum Gasteiger partial charge on any atom is -0.493 e. The van der Waals surface area contributed by atoms with E-state index in [1.165, 1.54) is 0 Å². The summed E-state index contributed by atoms with van der Waals surface area (Å²) in [7, 11) is 0. The summed E-state index contributed by atoms with van der Waals surface area (Å²) in [6.07, 6.45) is 3.88. The van der Waals surface area contributed by atoms with Crippen LogP contribution in [0.25, 0.3) is 11.5 Å². The van der Waals surface area contributed by atoms with Gasteiger partial charge in [0.1, 0.15) is 5.69 Å². The zero-order valence-electron chi connectivity index (χ0n) is 11.2. The van der Waals surface area contributed by atoms with Crippen molar-refractivity contribution in [2.24, 2.45) is 0 Å². The van der Waals surface area contributed by atoms with E-state index in [2.05, 4.69) is 15.1 Å². The maximum Gasteiger partial charge on any atom is 0.258 e. The van der Waals surface area contributed by atoms with Gasteiger partial charge in [-0.3, -0.25) is 9.48 Å². The maximum atomic E-state index is 11.9. The number of rotatable bonds is 5. The molecule has 6 heteroatoms. The third kappa shape index (κ3) is 2.67. The Morgan fingerprint density at radius 1 is 1.37 bits per heavy atom. The van der Waals surface area contributed by atoms with Crippen molar-refractivity contribution in [3.8, 4) is 17.4 Å². The Kier molecular flexibility index (Phi) is 3.99. The average molecular weight is 262 g/mol. The van der Waals surface area contributed by atoms with Crippen LogP contribution in [0, 0.1) is 0 Å². The molecule has 0 fully saturated rings. The molecule has 0 aliphatic rings. The lowest BCUT2D eigenvalue weighted by Crippen LogP contribution is -2.16. The normalized spacial score (nSPS) is 10.8. The van der Waals surface area contributed by atoms with Crippen molar-refractivity contribution >= 4 is 0 Å². The van der Waals surface area contributed by atoms with Gasteiger partial charge >= 0.3 is 0 Å². The van der Waals surface area contributed by atoms with Crippen LogP contribution < -0.4 is 5.56 Å². The highest BCUT2D eigenvalue weighted by molar-refractivity contribution is 5.50. The number of aryl methyl sites for hydroxylation is 1. The van der Waals surface area contributed by atoms with E-state index < -0.39 is 0 Å². The van der Waals surface area contributed by atoms with Crippen LogP contribution in [-0.2, 0) is 13.0 Å². The molecule has 2 N–H and O–H groups in total. The van der Waals surface area contributed by atoms with Gasteiger partial charge in [-0.1, -0.05) is 20.3 Å². The molecule has 102 valence electrons. The Hall–Kier alpha value is -2.11. The molecule has 0 aliphatic carbocycles. The van der Waals surface area contributed by atoms with Gasteiger partial charge in [-0.25, -0.2) is 0 Å². The highest BCUT2D eigenvalue weighted by Gasteiger charge is 2.13. The van der Waals surface area contributed by atoms with Gasteiger partial charge in [0.2, 0.25) is 5.88 Å². The second kappa shape index (κ2) is 5.69. The molecule has 0 unspecified atom stereocenters. The number of nitrogens with zero attached hydrogens (tertiary/aromatic N) is 3. The zero-order chi connectivity index (χ0) is 13.8. The van der Waals surface area contributed by atoms with E-state index in [4.69, 9.17) is 0 Å². The molecule has 0 aromatic carbocycles. The summed E-state index contributed by atoms with van der Waals surface area (Å²) in [5.41, 5.74) is 0.763. The van der Waals surface area contributed by atoms with Crippen molar-refractivity contribution in [3.05, 3.63) is 28.2 Å². The average Bonchev–Trinajstić information content (AvgIpc) is 2.82. The molecule has 19 heavy (non-hydrogen) atoms. The molecule has 2 rings (SSSR count). The largest absolute Gasteiger partial charge is 0.493 e. The van der Waals surface area contributed by atoms with Gasteiger partial charge in [-0.2, -0.15) is 10.1 Å². The fourth-order valence-electron chi connectivity index (χ4n) is 2.01. The van der Waals surface area contributed by atoms with Gasteiger partial charge in [-0.05, 0) is 18.9 Å². The van der Waals surface area contributed by atoms with Crippen LogP contribution in [0.5, 0.6) is 5.88 Å². The number of aromatic amines is 1. The molecule has 0 saturated carbocycles. The minimum absolute atomic E-state index is 0.190. The van der Waals surface area contributed by atoms with E-state index in [1.54, 1.807) is 16.9 Å². The highest BCUT2D eigenvalue weighted by atomic mass is 16.3. The molecule has 0 amide bonds. The lowest BCUT2D eigenvalue weighted by Gasteiger charge is -2.07. The van der Waals surface area contributed by atoms with Gasteiger partial charge in [0, 0.05) is 12.7 Å². The van der Waals surface area contributed by atoms with Crippen LogP contribution in [0.15, 0.2) is 17.1 Å². The van der Waals surface area contributed by atoms with E-state index in [-0.39, 0.29) is 11.4 Å². The molecule has 0 aliphatic heterocycles. The molecule has 2 aromatic heterocycles. The van der Waals surface area contributed by atoms with Crippen molar-refractivity contribution in [2.45, 2.75) is 39.7 Å². The van der Waals surface area contributed by atoms with E-state index >= 15 is 0 Å². The van der Waals surface area contributed by atoms with E-state index in [9.17, 15) is 9.90 Å². The van der Waals surface area contributed by atoms with Gasteiger partial charge in [0.15, 0.2) is 5.82 Å². The number of hydrogen-bond acceptors (Lipinski definition) is 4. The van der Waals surface area contributed by atoms with Crippen LogP contribution in [0.4, 0.5) is 0 Å². The fraction of sp³-hybridized carbons (Fsp3) is 0.462. The summed E-state index contributed by atoms with van der Waals surface area (Å²) in [6, 6.07) is 1.77. The van der Waals surface area contributed by atoms with Crippen LogP contribution in [0.3, 0.4) is 0 Å². The van der Waals surface area contributed by atoms with Gasteiger partial charge in [0.05, 0.1) is 5.56 Å². The molecule has 2 aromatic rings. The Morgan fingerprint density at radius 3 is 2.79 bits per heavy atom. The third-order valence-corrected chi connectivity index (χ3v) is 2.89. The first-order chi connectivity index (χ1) is 9.17. The minimum atomic E-state index is -0.284. The third-order valence-electron chi connectivity index (χ3n) is 2.89. The lowest BCUT2D eigenvalue weighted by molar-refractivity contribution is 0.442. The van der Waals surface area contributed by atoms with Crippen molar-refractivity contribution < 1.29 is 5.11 Å². The molecular weight excluding hydrogens is 244 g/mol. The van der Waals surface area contributed by atoms with Crippen LogP contribution in [0.2, 0.25) is 0 Å². The maximum absolute atomic E-state index is 11.9. The topological polar surface area (TPSA) is 83.8 Å². The Labute approximate surface area is 111 Å². The van der Waals surface area contributed by atoms with Crippen LogP contribution in [-0.4, -0.2) is 24.9 Å². The molecule has 0 atom stereocenters. The smallest absolute Gasteiger partial charge is 0.258 e. The van der Waals surface area contributed by atoms with Gasteiger partial charge in [-0.15, -0.1) is 0 Å². The standard InChI is InChI=1S/C13H18N4O2/c1-3-5-9-12(18)15-11(16-13(9)19)10-6-7-14-17(10)8-4-2/h6-7H,3-5,8H2,1-2H3,(H2,15,16,18,19). The second-order valence-electron chi connectivity index (χ2n) is 4.41. The molecule has 0 spiro atoms. The molecule has 0 bridgehead atoms. The Balaban J connectivity index is 2.46. The summed E-state index contributed by atoms with van der Waals surface area (Å²) >= 11 is 0. The second-order valence-corrected chi connectivity index (χ2v) is 4.41. The number of H-pyrrole nitrogens is 1. The van der Waals surface area contributed by atoms with E-state index in [0.29, 0.717) is 23.5 Å². The molecular formula is C13H18N4O2. The van der Waals surface area contributed by atoms with Crippen molar-refractivity contribution in [2.75, 3.05) is 0 Å². The number of aromatic nitrogens is 4. The first-order valence-corrected chi connectivity index (χ1v) is 6.51. The van der Waals surface area contributed by atoms with Crippen LogP contribution in [0.1, 0.15) is 32.3 Å². The predicted octanol–water partition coefficient (Wildman–Crippen LogP) is 1.70. The zero-order valence-corrected chi connectivity index (χ0v) is 11.2. The Bertz CT molecular complexity index is 615. The highest BCUT2D eigenvalue weighted by Crippen LogP contribution is 2.18. The molecule has 2 heterocycles. The molecule has 6 nitrogen and oxygen atoms in total. The predicted molar refractivity (Wildman–Crippen MR) is 72.0 cm³/mol. The summed E-state index contributed by atoms with van der Waals surface area (Å²) < 4.78 is 1.76. The van der Waals surface area contributed by atoms with E-state index in [1.807, 2.05) is 13.8 Å². The number of nitrogens with one attached hydrogen (secondary N) is 1. The van der Waals surface area contributed by atoms with Crippen molar-refractivity contribution in [1.82, 2.24) is 19.7 Å². The number of aromatic hydroxyl groups is 1. The van der Waals surface area contributed by atoms with Gasteiger partial charge in [0.25, 0.3) is 5.56 Å². The molecule has 0 saturated heterocycles. The number of hydrogen-bond donors (Lipinski definition) is 2. The van der Waals surface area contributed by atoms with E-state index in [0.717, 1.165) is 19.4 Å². The summed E-state index contributed by atoms with van der Waals surface area (Å²) in [6.45, 7) is 4.73. The first-order valence-electron chi connectivity index (χ1n) is 6.51.